The molecule has 0 saturated heterocycles. The van der Waals surface area contributed by atoms with Gasteiger partial charge in [-0.2, -0.15) is 0 Å². The second-order valence-corrected chi connectivity index (χ2v) is 8.01. The van der Waals surface area contributed by atoms with Crippen LogP contribution in [0.4, 0.5) is 0 Å². The summed E-state index contributed by atoms with van der Waals surface area (Å²) in [6.45, 7) is 7.86. The van der Waals surface area contributed by atoms with E-state index in [0.29, 0.717) is 11.5 Å². The molecule has 4 heteroatoms. The van der Waals surface area contributed by atoms with Crippen LogP contribution in [0.15, 0.2) is 34.3 Å². The fourth-order valence-electron chi connectivity index (χ4n) is 3.97. The molecular formula is C24H30N2O2. The molecule has 4 nitrogen and oxygen atoms in total. The third-order valence-corrected chi connectivity index (χ3v) is 5.45. The molecular weight excluding hydrogens is 348 g/mol. The molecule has 0 spiro atoms. The van der Waals surface area contributed by atoms with Gasteiger partial charge in [-0.1, -0.05) is 25.0 Å². The van der Waals surface area contributed by atoms with Crippen LogP contribution in [-0.4, -0.2) is 34.7 Å². The second-order valence-electron chi connectivity index (χ2n) is 8.01. The largest absolute Gasteiger partial charge is 0.507 e. The van der Waals surface area contributed by atoms with Crippen molar-refractivity contribution in [2.45, 2.75) is 65.5 Å². The molecule has 0 amide bonds. The first-order valence-electron chi connectivity index (χ1n) is 10.0. The molecule has 0 aliphatic heterocycles. The summed E-state index contributed by atoms with van der Waals surface area (Å²) in [5.41, 5.74) is 5.48. The zero-order valence-corrected chi connectivity index (χ0v) is 17.2. The van der Waals surface area contributed by atoms with Gasteiger partial charge in [-0.25, -0.2) is 0 Å². The summed E-state index contributed by atoms with van der Waals surface area (Å²) in [6, 6.07) is 8.05. The van der Waals surface area contributed by atoms with Gasteiger partial charge in [0.05, 0.1) is 12.1 Å². The summed E-state index contributed by atoms with van der Waals surface area (Å²) in [6.07, 6.45) is 7.85. The van der Waals surface area contributed by atoms with Crippen molar-refractivity contribution in [1.29, 1.82) is 0 Å². The van der Waals surface area contributed by atoms with Crippen LogP contribution in [0.1, 0.15) is 59.1 Å². The van der Waals surface area contributed by atoms with E-state index in [-0.39, 0.29) is 12.1 Å². The smallest absolute Gasteiger partial charge is 0.127 e. The van der Waals surface area contributed by atoms with Crippen molar-refractivity contribution in [3.63, 3.8) is 0 Å². The van der Waals surface area contributed by atoms with Crippen molar-refractivity contribution in [1.82, 2.24) is 0 Å². The highest BCUT2D eigenvalue weighted by atomic mass is 16.3. The maximum absolute atomic E-state index is 10.3. The summed E-state index contributed by atoms with van der Waals surface area (Å²) in [4.78, 5) is 9.57. The van der Waals surface area contributed by atoms with Gasteiger partial charge in [-0.05, 0) is 74.9 Å². The zero-order valence-electron chi connectivity index (χ0n) is 17.2. The SMILES string of the molecule is Cc1cc(C)c(O)c(C=NC2CCCC[C@@H]2N=Cc2cc(C)cc(C)c2O)c1. The van der Waals surface area contributed by atoms with Crippen LogP contribution in [0.2, 0.25) is 0 Å². The Kier molecular flexibility index (Phi) is 6.18. The van der Waals surface area contributed by atoms with E-state index < -0.39 is 0 Å². The second kappa shape index (κ2) is 8.59. The van der Waals surface area contributed by atoms with Gasteiger partial charge in [0.2, 0.25) is 0 Å². The minimum atomic E-state index is 0.0956. The lowest BCUT2D eigenvalue weighted by Crippen LogP contribution is -2.27. The molecule has 1 unspecified atom stereocenters. The van der Waals surface area contributed by atoms with Crippen LogP contribution in [0.5, 0.6) is 11.5 Å². The van der Waals surface area contributed by atoms with E-state index in [2.05, 4.69) is 0 Å². The molecule has 2 aromatic carbocycles. The number of benzene rings is 2. The van der Waals surface area contributed by atoms with E-state index in [1.54, 1.807) is 12.4 Å². The number of hydrogen-bond acceptors (Lipinski definition) is 4. The third-order valence-electron chi connectivity index (χ3n) is 5.45. The van der Waals surface area contributed by atoms with Crippen molar-refractivity contribution in [2.24, 2.45) is 9.98 Å². The number of aliphatic imine (C=N–C) groups is 2. The molecule has 1 aliphatic rings. The Morgan fingerprint density at radius 1 is 0.714 bits per heavy atom. The van der Waals surface area contributed by atoms with Gasteiger partial charge in [0.1, 0.15) is 11.5 Å². The highest BCUT2D eigenvalue weighted by molar-refractivity contribution is 5.85. The van der Waals surface area contributed by atoms with Crippen molar-refractivity contribution in [3.8, 4) is 11.5 Å². The summed E-state index contributed by atoms with van der Waals surface area (Å²) in [5, 5.41) is 20.6. The van der Waals surface area contributed by atoms with Gasteiger partial charge in [-0.15, -0.1) is 0 Å². The van der Waals surface area contributed by atoms with Crippen molar-refractivity contribution >= 4 is 12.4 Å². The molecule has 148 valence electrons. The van der Waals surface area contributed by atoms with Crippen LogP contribution >= 0.6 is 0 Å². The first kappa shape index (κ1) is 20.1. The summed E-state index contributed by atoms with van der Waals surface area (Å²) in [7, 11) is 0. The van der Waals surface area contributed by atoms with E-state index in [0.717, 1.165) is 59.1 Å². The molecule has 3 rings (SSSR count). The first-order chi connectivity index (χ1) is 13.3. The quantitative estimate of drug-likeness (QED) is 0.720. The van der Waals surface area contributed by atoms with Crippen LogP contribution in [0.3, 0.4) is 0 Å². The normalized spacial score (nSPS) is 20.3. The van der Waals surface area contributed by atoms with Gasteiger partial charge >= 0.3 is 0 Å². The van der Waals surface area contributed by atoms with E-state index in [1.807, 2.05) is 52.0 Å². The van der Waals surface area contributed by atoms with Crippen LogP contribution in [0.25, 0.3) is 0 Å². The van der Waals surface area contributed by atoms with E-state index in [4.69, 9.17) is 9.98 Å². The minimum absolute atomic E-state index is 0.0956. The molecule has 1 aliphatic carbocycles. The summed E-state index contributed by atoms with van der Waals surface area (Å²) in [5.74, 6) is 0.593. The molecule has 0 aromatic heterocycles. The summed E-state index contributed by atoms with van der Waals surface area (Å²) >= 11 is 0. The Balaban J connectivity index is 1.82. The third kappa shape index (κ3) is 4.61. The maximum atomic E-state index is 10.3. The average molecular weight is 379 g/mol. The Morgan fingerprint density at radius 3 is 1.50 bits per heavy atom. The zero-order chi connectivity index (χ0) is 20.3. The lowest BCUT2D eigenvalue weighted by molar-refractivity contribution is 0.390. The van der Waals surface area contributed by atoms with Crippen molar-refractivity contribution in [3.05, 3.63) is 57.6 Å². The molecule has 1 fully saturated rings. The topological polar surface area (TPSA) is 65.2 Å². The van der Waals surface area contributed by atoms with E-state index in [1.165, 1.54) is 0 Å². The van der Waals surface area contributed by atoms with E-state index in [9.17, 15) is 10.2 Å². The van der Waals surface area contributed by atoms with E-state index >= 15 is 0 Å². The molecule has 28 heavy (non-hydrogen) atoms. The monoisotopic (exact) mass is 378 g/mol. The van der Waals surface area contributed by atoms with Crippen molar-refractivity contribution in [2.75, 3.05) is 0 Å². The molecule has 2 atom stereocenters. The number of rotatable bonds is 4. The number of phenolic OH excluding ortho intramolecular Hbond substituents is 2. The van der Waals surface area contributed by atoms with Crippen molar-refractivity contribution < 1.29 is 10.2 Å². The Hall–Kier alpha value is -2.62. The molecule has 0 radical (unpaired) electrons. The lowest BCUT2D eigenvalue weighted by Gasteiger charge is -2.25. The van der Waals surface area contributed by atoms with Gasteiger partial charge in [0.15, 0.2) is 0 Å². The average Bonchev–Trinajstić information content (AvgIpc) is 2.65. The predicted octanol–water partition coefficient (Wildman–Crippen LogP) is 5.18. The summed E-state index contributed by atoms with van der Waals surface area (Å²) < 4.78 is 0. The number of nitrogens with zero attached hydrogens (tertiary/aromatic N) is 2. The minimum Gasteiger partial charge on any atom is -0.507 e. The van der Waals surface area contributed by atoms with Gasteiger partial charge in [0.25, 0.3) is 0 Å². The molecule has 2 aromatic rings. The molecule has 2 N–H and O–H groups in total. The molecule has 0 heterocycles. The standard InChI is InChI=1S/C24H30N2O2/c1-15-9-17(3)23(27)19(11-15)13-25-21-7-5-6-8-22(21)26-14-20-12-16(2)10-18(4)24(20)28/h9-14,21-22,27-28H,5-8H2,1-4H3/t21-,22?/m0/s1. The lowest BCUT2D eigenvalue weighted by atomic mass is 9.91. The predicted molar refractivity (Wildman–Crippen MR) is 116 cm³/mol. The Bertz CT molecular complexity index is 840. The Labute approximate surface area is 167 Å². The van der Waals surface area contributed by atoms with Gasteiger partial charge in [-0.3, -0.25) is 9.98 Å². The highest BCUT2D eigenvalue weighted by Gasteiger charge is 2.23. The van der Waals surface area contributed by atoms with Gasteiger partial charge in [0, 0.05) is 23.6 Å². The van der Waals surface area contributed by atoms with Crippen LogP contribution in [0, 0.1) is 27.7 Å². The highest BCUT2D eigenvalue weighted by Crippen LogP contribution is 2.27. The number of aromatic hydroxyl groups is 2. The fraction of sp³-hybridized carbons (Fsp3) is 0.417. The fourth-order valence-corrected chi connectivity index (χ4v) is 3.97. The maximum Gasteiger partial charge on any atom is 0.127 e. The van der Waals surface area contributed by atoms with Crippen LogP contribution < -0.4 is 0 Å². The molecule has 1 saturated carbocycles. The first-order valence-corrected chi connectivity index (χ1v) is 10.0. The van der Waals surface area contributed by atoms with Gasteiger partial charge < -0.3 is 10.2 Å². The Morgan fingerprint density at radius 2 is 1.11 bits per heavy atom. The van der Waals surface area contributed by atoms with Crippen LogP contribution in [-0.2, 0) is 0 Å². The molecule has 0 bridgehead atoms. The number of hydrogen-bond donors (Lipinski definition) is 2. The number of aryl methyl sites for hydroxylation is 4. The number of phenols is 2.